The largest absolute Gasteiger partial charge is 0.445 e. The van der Waals surface area contributed by atoms with Gasteiger partial charge < -0.3 is 25.4 Å². The van der Waals surface area contributed by atoms with Gasteiger partial charge in [0, 0.05) is 28.6 Å². The molecule has 0 atom stereocenters. The number of amides is 2. The highest BCUT2D eigenvalue weighted by molar-refractivity contribution is 9.10. The van der Waals surface area contributed by atoms with Crippen molar-refractivity contribution in [2.45, 2.75) is 32.5 Å². The maximum absolute atomic E-state index is 12.5. The average Bonchev–Trinajstić information content (AvgIpc) is 2.79. The van der Waals surface area contributed by atoms with Crippen LogP contribution < -0.4 is 11.1 Å². The lowest BCUT2D eigenvalue weighted by Crippen LogP contribution is -2.35. The van der Waals surface area contributed by atoms with Gasteiger partial charge in [0.25, 0.3) is 0 Å². The van der Waals surface area contributed by atoms with Crippen LogP contribution in [-0.2, 0) is 22.7 Å². The van der Waals surface area contributed by atoms with E-state index < -0.39 is 6.09 Å². The van der Waals surface area contributed by atoms with Crippen LogP contribution in [0.2, 0.25) is 0 Å². The summed E-state index contributed by atoms with van der Waals surface area (Å²) in [7, 11) is 0. The smallest absolute Gasteiger partial charge is 0.410 e. The van der Waals surface area contributed by atoms with Crippen molar-refractivity contribution in [3.63, 3.8) is 0 Å². The number of halogens is 2. The van der Waals surface area contributed by atoms with Gasteiger partial charge in [-0.3, -0.25) is 0 Å². The van der Waals surface area contributed by atoms with E-state index in [0.29, 0.717) is 32.6 Å². The Bertz CT molecular complexity index is 832. The third-order valence-corrected chi connectivity index (χ3v) is 5.63. The molecule has 0 fully saturated rings. The van der Waals surface area contributed by atoms with Gasteiger partial charge in [-0.25, -0.2) is 9.59 Å². The lowest BCUT2D eigenvalue weighted by molar-refractivity contribution is 0.0949. The normalized spacial score (nSPS) is 10.5. The molecule has 0 saturated carbocycles. The lowest BCUT2D eigenvalue weighted by Gasteiger charge is -2.22. The average molecular weight is 571 g/mol. The van der Waals surface area contributed by atoms with E-state index in [4.69, 9.17) is 15.2 Å². The molecule has 0 heterocycles. The van der Waals surface area contributed by atoms with E-state index >= 15 is 0 Å². The molecule has 0 saturated heterocycles. The first-order chi connectivity index (χ1) is 15.5. The van der Waals surface area contributed by atoms with E-state index in [1.165, 1.54) is 0 Å². The fourth-order valence-electron chi connectivity index (χ4n) is 2.80. The number of ether oxygens (including phenoxy) is 2. The molecule has 32 heavy (non-hydrogen) atoms. The molecule has 174 valence electrons. The molecule has 0 spiro atoms. The number of benzene rings is 2. The molecule has 7 nitrogen and oxygen atoms in total. The number of unbranched alkanes of at least 4 members (excludes halogenated alkanes) is 1. The van der Waals surface area contributed by atoms with Crippen molar-refractivity contribution in [1.29, 1.82) is 0 Å². The highest BCUT2D eigenvalue weighted by atomic mass is 79.9. The first kappa shape index (κ1) is 26.2. The number of carbonyl (C=O) groups is 2. The second-order valence-electron chi connectivity index (χ2n) is 7.15. The molecule has 0 aliphatic carbocycles. The summed E-state index contributed by atoms with van der Waals surface area (Å²) >= 11 is 6.75. The van der Waals surface area contributed by atoms with E-state index in [1.807, 2.05) is 48.5 Å². The van der Waals surface area contributed by atoms with Crippen LogP contribution in [0.15, 0.2) is 57.5 Å². The monoisotopic (exact) mass is 569 g/mol. The molecule has 2 aromatic carbocycles. The number of hydrogen-bond donors (Lipinski definition) is 2. The van der Waals surface area contributed by atoms with Gasteiger partial charge >= 0.3 is 12.2 Å². The van der Waals surface area contributed by atoms with Crippen molar-refractivity contribution < 1.29 is 19.1 Å². The van der Waals surface area contributed by atoms with Gasteiger partial charge in [-0.15, -0.1) is 0 Å². The van der Waals surface area contributed by atoms with E-state index in [0.717, 1.165) is 32.9 Å². The Morgan fingerprint density at radius 2 is 1.34 bits per heavy atom. The maximum Gasteiger partial charge on any atom is 0.410 e. The first-order valence-electron chi connectivity index (χ1n) is 10.5. The molecule has 2 amide bonds. The molecule has 0 radical (unpaired) electrons. The standard InChI is InChI=1S/C23H29Br2N3O4/c24-20-8-4-18(5-9-20)16-31-22(29)27-13-3-15-28(14-2-1-12-26)23(30)32-17-19-6-10-21(25)11-7-19/h4-11H,1-3,12-17,26H2,(H,27,29). The fourth-order valence-corrected chi connectivity index (χ4v) is 3.33. The summed E-state index contributed by atoms with van der Waals surface area (Å²) in [6, 6.07) is 15.2. The van der Waals surface area contributed by atoms with E-state index in [2.05, 4.69) is 37.2 Å². The summed E-state index contributed by atoms with van der Waals surface area (Å²) in [6.07, 6.45) is 1.36. The minimum atomic E-state index is -0.486. The summed E-state index contributed by atoms with van der Waals surface area (Å²) in [6.45, 7) is 2.41. The molecule has 0 aliphatic heterocycles. The Morgan fingerprint density at radius 3 is 1.91 bits per heavy atom. The number of hydrogen-bond acceptors (Lipinski definition) is 5. The Balaban J connectivity index is 1.71. The second-order valence-corrected chi connectivity index (χ2v) is 8.98. The summed E-state index contributed by atoms with van der Waals surface area (Å²) in [5.41, 5.74) is 7.39. The van der Waals surface area contributed by atoms with Gasteiger partial charge in [0.15, 0.2) is 0 Å². The lowest BCUT2D eigenvalue weighted by atomic mass is 10.2. The molecule has 0 aromatic heterocycles. The van der Waals surface area contributed by atoms with Crippen molar-refractivity contribution in [3.05, 3.63) is 68.6 Å². The number of nitrogens with two attached hydrogens (primary N) is 1. The minimum Gasteiger partial charge on any atom is -0.445 e. The van der Waals surface area contributed by atoms with Crippen LogP contribution in [0.5, 0.6) is 0 Å². The molecule has 2 rings (SSSR count). The Hall–Kier alpha value is -2.10. The van der Waals surface area contributed by atoms with Crippen LogP contribution in [0.3, 0.4) is 0 Å². The van der Waals surface area contributed by atoms with Crippen LogP contribution >= 0.6 is 31.9 Å². The summed E-state index contributed by atoms with van der Waals surface area (Å²) in [4.78, 5) is 26.1. The number of nitrogens with zero attached hydrogens (tertiary/aromatic N) is 1. The first-order valence-corrected chi connectivity index (χ1v) is 12.1. The zero-order valence-corrected chi connectivity index (χ0v) is 21.1. The van der Waals surface area contributed by atoms with Crippen LogP contribution in [0, 0.1) is 0 Å². The summed E-state index contributed by atoms with van der Waals surface area (Å²) < 4.78 is 12.6. The highest BCUT2D eigenvalue weighted by Gasteiger charge is 2.15. The Labute approximate surface area is 205 Å². The topological polar surface area (TPSA) is 93.9 Å². The van der Waals surface area contributed by atoms with Crippen molar-refractivity contribution in [3.8, 4) is 0 Å². The predicted octanol–water partition coefficient (Wildman–Crippen LogP) is 5.21. The van der Waals surface area contributed by atoms with Crippen molar-refractivity contribution in [2.75, 3.05) is 26.2 Å². The number of rotatable bonds is 12. The third-order valence-electron chi connectivity index (χ3n) is 4.57. The van der Waals surface area contributed by atoms with E-state index in [-0.39, 0.29) is 19.3 Å². The molecule has 3 N–H and O–H groups in total. The van der Waals surface area contributed by atoms with Gasteiger partial charge in [0.2, 0.25) is 0 Å². The van der Waals surface area contributed by atoms with Gasteiger partial charge in [-0.1, -0.05) is 56.1 Å². The quantitative estimate of drug-likeness (QED) is 0.342. The highest BCUT2D eigenvalue weighted by Crippen LogP contribution is 2.12. The molecule has 2 aromatic rings. The third kappa shape index (κ3) is 10.5. The zero-order chi connectivity index (χ0) is 23.2. The zero-order valence-electron chi connectivity index (χ0n) is 17.9. The van der Waals surface area contributed by atoms with Gasteiger partial charge in [-0.2, -0.15) is 0 Å². The molecular formula is C23H29Br2N3O4. The van der Waals surface area contributed by atoms with Crippen molar-refractivity contribution in [1.82, 2.24) is 10.2 Å². The SMILES string of the molecule is NCCCCN(CCCNC(=O)OCc1ccc(Br)cc1)C(=O)OCc1ccc(Br)cc1. The van der Waals surface area contributed by atoms with E-state index in [1.54, 1.807) is 4.90 Å². The molecule has 0 unspecified atom stereocenters. The molecule has 9 heteroatoms. The van der Waals surface area contributed by atoms with Crippen molar-refractivity contribution >= 4 is 44.0 Å². The van der Waals surface area contributed by atoms with Gasteiger partial charge in [0.05, 0.1) is 0 Å². The van der Waals surface area contributed by atoms with Crippen LogP contribution in [0.4, 0.5) is 9.59 Å². The van der Waals surface area contributed by atoms with E-state index in [9.17, 15) is 9.59 Å². The number of carbonyl (C=O) groups excluding carboxylic acids is 2. The summed E-state index contributed by atoms with van der Waals surface area (Å²) in [5, 5.41) is 2.72. The predicted molar refractivity (Wildman–Crippen MR) is 131 cm³/mol. The maximum atomic E-state index is 12.5. The molecule has 0 bridgehead atoms. The molecular weight excluding hydrogens is 542 g/mol. The minimum absolute atomic E-state index is 0.201. The second kappa shape index (κ2) is 14.9. The van der Waals surface area contributed by atoms with Crippen molar-refractivity contribution in [2.24, 2.45) is 5.73 Å². The van der Waals surface area contributed by atoms with Gasteiger partial charge in [0.1, 0.15) is 13.2 Å². The van der Waals surface area contributed by atoms with Crippen LogP contribution in [-0.4, -0.2) is 43.3 Å². The fraction of sp³-hybridized carbons (Fsp3) is 0.391. The Morgan fingerprint density at radius 1 is 0.812 bits per heavy atom. The summed E-state index contributed by atoms with van der Waals surface area (Å²) in [5.74, 6) is 0. The number of alkyl carbamates (subject to hydrolysis) is 1. The molecule has 0 aliphatic rings. The van der Waals surface area contributed by atoms with Gasteiger partial charge in [-0.05, 0) is 61.2 Å². The van der Waals surface area contributed by atoms with Crippen LogP contribution in [0.1, 0.15) is 30.4 Å². The Kier molecular flexibility index (Phi) is 12.2. The number of nitrogens with one attached hydrogen (secondary N) is 1. The van der Waals surface area contributed by atoms with Crippen LogP contribution in [0.25, 0.3) is 0 Å².